The molecule has 0 fully saturated rings. The second-order valence-electron chi connectivity index (χ2n) is 8.11. The van der Waals surface area contributed by atoms with Crippen LogP contribution >= 0.6 is 0 Å². The summed E-state index contributed by atoms with van der Waals surface area (Å²) in [4.78, 5) is 0. The van der Waals surface area contributed by atoms with Gasteiger partial charge in [-0.05, 0) is 97.4 Å². The van der Waals surface area contributed by atoms with Crippen LogP contribution in [0.15, 0.2) is 12.1 Å². The topological polar surface area (TPSA) is 18.5 Å². The zero-order valence-corrected chi connectivity index (χ0v) is 16.2. The van der Waals surface area contributed by atoms with Crippen LogP contribution in [0.5, 0.6) is 11.5 Å². The SMILES string of the molecule is Cc1cc2c(c(C)c1C)-c1c(cc3c(c1C)OCO3)C[C@H](C)[C@H](C)C2. The number of aryl methyl sites for hydroxylation is 1. The predicted octanol–water partition coefficient (Wildman–Crippen LogP) is 5.69. The standard InChI is InChI=1S/C23H28O2/c1-12-7-18-9-14(3)15(4)16(5)21(18)22-17(6)23-20(24-11-25-23)10-19(22)8-13(12)2/h9-10,12-13H,7-8,11H2,1-6H3/t12-,13+/m1/s1. The van der Waals surface area contributed by atoms with Crippen LogP contribution in [0.25, 0.3) is 11.1 Å². The van der Waals surface area contributed by atoms with E-state index in [4.69, 9.17) is 9.47 Å². The highest BCUT2D eigenvalue weighted by Crippen LogP contribution is 2.47. The molecule has 132 valence electrons. The Bertz CT molecular complexity index is 863. The Kier molecular flexibility index (Phi) is 3.82. The molecule has 2 nitrogen and oxygen atoms in total. The van der Waals surface area contributed by atoms with Gasteiger partial charge in [-0.25, -0.2) is 0 Å². The van der Waals surface area contributed by atoms with Crippen LogP contribution in [0, 0.1) is 39.5 Å². The van der Waals surface area contributed by atoms with Gasteiger partial charge >= 0.3 is 0 Å². The number of benzene rings is 2. The first-order chi connectivity index (χ1) is 11.9. The van der Waals surface area contributed by atoms with E-state index in [0.717, 1.165) is 24.3 Å². The Morgan fingerprint density at radius 1 is 0.760 bits per heavy atom. The van der Waals surface area contributed by atoms with Crippen molar-refractivity contribution in [2.75, 3.05) is 6.79 Å². The summed E-state index contributed by atoms with van der Waals surface area (Å²) in [7, 11) is 0. The molecule has 25 heavy (non-hydrogen) atoms. The zero-order chi connectivity index (χ0) is 17.9. The lowest BCUT2D eigenvalue weighted by molar-refractivity contribution is 0.173. The van der Waals surface area contributed by atoms with Gasteiger partial charge in [0.1, 0.15) is 0 Å². The molecular formula is C23H28O2. The lowest BCUT2D eigenvalue weighted by atomic mass is 9.75. The quantitative estimate of drug-likeness (QED) is 0.615. The van der Waals surface area contributed by atoms with E-state index in [1.165, 1.54) is 44.5 Å². The summed E-state index contributed by atoms with van der Waals surface area (Å²) in [6.45, 7) is 14.1. The minimum atomic E-state index is 0.337. The maximum absolute atomic E-state index is 5.80. The molecule has 2 atom stereocenters. The zero-order valence-electron chi connectivity index (χ0n) is 16.2. The van der Waals surface area contributed by atoms with Gasteiger partial charge in [0, 0.05) is 5.56 Å². The Labute approximate surface area is 151 Å². The monoisotopic (exact) mass is 336 g/mol. The van der Waals surface area contributed by atoms with Crippen LogP contribution in [-0.4, -0.2) is 6.79 Å². The molecule has 2 heteroatoms. The van der Waals surface area contributed by atoms with E-state index in [2.05, 4.69) is 53.7 Å². The van der Waals surface area contributed by atoms with Gasteiger partial charge in [0.15, 0.2) is 11.5 Å². The van der Waals surface area contributed by atoms with Gasteiger partial charge in [0.05, 0.1) is 0 Å². The van der Waals surface area contributed by atoms with Gasteiger partial charge in [-0.3, -0.25) is 0 Å². The van der Waals surface area contributed by atoms with Gasteiger partial charge in [-0.2, -0.15) is 0 Å². The Balaban J connectivity index is 2.08. The summed E-state index contributed by atoms with van der Waals surface area (Å²) in [6, 6.07) is 4.65. The molecule has 0 unspecified atom stereocenters. The fraction of sp³-hybridized carbons (Fsp3) is 0.478. The van der Waals surface area contributed by atoms with Crippen LogP contribution in [0.4, 0.5) is 0 Å². The van der Waals surface area contributed by atoms with E-state index in [0.29, 0.717) is 18.6 Å². The third-order valence-corrected chi connectivity index (χ3v) is 6.53. The molecule has 0 aromatic heterocycles. The van der Waals surface area contributed by atoms with Crippen molar-refractivity contribution in [2.45, 2.75) is 54.4 Å². The molecule has 0 amide bonds. The van der Waals surface area contributed by atoms with Crippen molar-refractivity contribution in [1.29, 1.82) is 0 Å². The fourth-order valence-corrected chi connectivity index (χ4v) is 4.55. The van der Waals surface area contributed by atoms with E-state index >= 15 is 0 Å². The molecule has 0 bridgehead atoms. The molecule has 0 saturated carbocycles. The molecule has 0 N–H and O–H groups in total. The molecule has 0 spiro atoms. The van der Waals surface area contributed by atoms with E-state index < -0.39 is 0 Å². The molecule has 2 aromatic carbocycles. The largest absolute Gasteiger partial charge is 0.454 e. The summed E-state index contributed by atoms with van der Waals surface area (Å²) < 4.78 is 11.5. The summed E-state index contributed by atoms with van der Waals surface area (Å²) in [5.74, 6) is 3.16. The Hall–Kier alpha value is -1.96. The number of ether oxygens (including phenoxy) is 2. The third-order valence-electron chi connectivity index (χ3n) is 6.53. The number of rotatable bonds is 0. The highest BCUT2D eigenvalue weighted by molar-refractivity contribution is 5.82. The van der Waals surface area contributed by atoms with Crippen LogP contribution in [0.3, 0.4) is 0 Å². The van der Waals surface area contributed by atoms with Crippen molar-refractivity contribution in [3.05, 3.63) is 45.5 Å². The van der Waals surface area contributed by atoms with E-state index in [9.17, 15) is 0 Å². The minimum Gasteiger partial charge on any atom is -0.454 e. The second kappa shape index (κ2) is 5.79. The highest BCUT2D eigenvalue weighted by atomic mass is 16.7. The lowest BCUT2D eigenvalue weighted by Crippen LogP contribution is -2.18. The molecule has 1 heterocycles. The van der Waals surface area contributed by atoms with Crippen LogP contribution in [-0.2, 0) is 12.8 Å². The van der Waals surface area contributed by atoms with Crippen LogP contribution in [0.2, 0.25) is 0 Å². The first-order valence-corrected chi connectivity index (χ1v) is 9.40. The molecule has 0 radical (unpaired) electrons. The first-order valence-electron chi connectivity index (χ1n) is 9.40. The van der Waals surface area contributed by atoms with Gasteiger partial charge in [-0.1, -0.05) is 19.9 Å². The average molecular weight is 336 g/mol. The van der Waals surface area contributed by atoms with Gasteiger partial charge in [0.25, 0.3) is 0 Å². The van der Waals surface area contributed by atoms with Crippen LogP contribution in [0.1, 0.15) is 47.2 Å². The van der Waals surface area contributed by atoms with Gasteiger partial charge in [0.2, 0.25) is 6.79 Å². The van der Waals surface area contributed by atoms with Crippen molar-refractivity contribution < 1.29 is 9.47 Å². The number of hydrogen-bond acceptors (Lipinski definition) is 2. The van der Waals surface area contributed by atoms with Crippen molar-refractivity contribution in [1.82, 2.24) is 0 Å². The fourth-order valence-electron chi connectivity index (χ4n) is 4.55. The van der Waals surface area contributed by atoms with Crippen LogP contribution < -0.4 is 9.47 Å². The third kappa shape index (κ3) is 2.46. The Morgan fingerprint density at radius 2 is 1.36 bits per heavy atom. The molecule has 0 saturated heterocycles. The molecular weight excluding hydrogens is 308 g/mol. The normalized spacial score (nSPS) is 21.4. The first kappa shape index (κ1) is 16.5. The second-order valence-corrected chi connectivity index (χ2v) is 8.11. The summed E-state index contributed by atoms with van der Waals surface area (Å²) in [5.41, 5.74) is 11.2. The smallest absolute Gasteiger partial charge is 0.231 e. The van der Waals surface area contributed by atoms with Gasteiger partial charge < -0.3 is 9.47 Å². The van der Waals surface area contributed by atoms with E-state index in [1.54, 1.807) is 0 Å². The minimum absolute atomic E-state index is 0.337. The molecule has 4 rings (SSSR count). The van der Waals surface area contributed by atoms with Crippen molar-refractivity contribution in [2.24, 2.45) is 11.8 Å². The van der Waals surface area contributed by atoms with E-state index in [1.807, 2.05) is 0 Å². The highest BCUT2D eigenvalue weighted by Gasteiger charge is 2.29. The number of hydrogen-bond donors (Lipinski definition) is 0. The molecule has 2 aliphatic rings. The molecule has 1 aliphatic carbocycles. The molecule has 2 aromatic rings. The van der Waals surface area contributed by atoms with Crippen molar-refractivity contribution in [3.63, 3.8) is 0 Å². The van der Waals surface area contributed by atoms with Crippen molar-refractivity contribution >= 4 is 0 Å². The van der Waals surface area contributed by atoms with E-state index in [-0.39, 0.29) is 0 Å². The predicted molar refractivity (Wildman–Crippen MR) is 103 cm³/mol. The number of fused-ring (bicyclic) bond motifs is 4. The molecule has 1 aliphatic heterocycles. The van der Waals surface area contributed by atoms with Crippen molar-refractivity contribution in [3.8, 4) is 22.6 Å². The maximum Gasteiger partial charge on any atom is 0.231 e. The summed E-state index contributed by atoms with van der Waals surface area (Å²) in [6.07, 6.45) is 2.24. The summed E-state index contributed by atoms with van der Waals surface area (Å²) in [5, 5.41) is 0. The van der Waals surface area contributed by atoms with Gasteiger partial charge in [-0.15, -0.1) is 0 Å². The lowest BCUT2D eigenvalue weighted by Gasteiger charge is -2.30. The Morgan fingerprint density at radius 3 is 2.04 bits per heavy atom. The summed E-state index contributed by atoms with van der Waals surface area (Å²) >= 11 is 0. The average Bonchev–Trinajstić information content (AvgIpc) is 3.02. The maximum atomic E-state index is 5.80.